The van der Waals surface area contributed by atoms with Crippen molar-refractivity contribution in [1.82, 2.24) is 9.47 Å². The first kappa shape index (κ1) is 24.7. The van der Waals surface area contributed by atoms with Crippen LogP contribution in [0.5, 0.6) is 5.75 Å². The summed E-state index contributed by atoms with van der Waals surface area (Å²) in [5, 5.41) is 1.50. The number of fused-ring (bicyclic) bond motifs is 1. The molecule has 0 radical (unpaired) electrons. The Morgan fingerprint density at radius 1 is 0.972 bits per heavy atom. The van der Waals surface area contributed by atoms with Gasteiger partial charge in [0.2, 0.25) is 0 Å². The molecule has 5 rings (SSSR count). The Labute approximate surface area is 232 Å². The molecular weight excluding hydrogens is 602 g/mol. The Morgan fingerprint density at radius 3 is 2.36 bits per heavy atom. The van der Waals surface area contributed by atoms with Crippen molar-refractivity contribution in [3.05, 3.63) is 98.7 Å². The van der Waals surface area contributed by atoms with Crippen LogP contribution in [0.1, 0.15) is 18.1 Å². The number of rotatable bonds is 6. The first-order chi connectivity index (χ1) is 17.4. The summed E-state index contributed by atoms with van der Waals surface area (Å²) in [6.07, 6.45) is 4.02. The predicted octanol–water partition coefficient (Wildman–Crippen LogP) is 7.22. The molecule has 4 aromatic rings. The summed E-state index contributed by atoms with van der Waals surface area (Å²) in [6.45, 7) is 3.24. The van der Waals surface area contributed by atoms with Gasteiger partial charge in [-0.2, -0.15) is 0 Å². The average molecular weight is 625 g/mol. The highest BCUT2D eigenvalue weighted by Gasteiger charge is 2.37. The van der Waals surface area contributed by atoms with Crippen molar-refractivity contribution in [1.29, 1.82) is 0 Å². The quantitative estimate of drug-likeness (QED) is 0.168. The van der Waals surface area contributed by atoms with Gasteiger partial charge in [-0.3, -0.25) is 9.69 Å². The van der Waals surface area contributed by atoms with Gasteiger partial charge >= 0.3 is 0 Å². The smallest absolute Gasteiger partial charge is 0.281 e. The number of likely N-dealkylation sites (N-methyl/N-ethyl adjacent to an activating group) is 1. The van der Waals surface area contributed by atoms with Gasteiger partial charge in [0.05, 0.1) is 12.3 Å². The predicted molar refractivity (Wildman–Crippen MR) is 156 cm³/mol. The number of carbonyl (C=O) groups is 1. The summed E-state index contributed by atoms with van der Waals surface area (Å²) < 4.78 is 9.77. The molecule has 1 aliphatic rings. The second-order valence-corrected chi connectivity index (χ2v) is 10.6. The molecule has 2 heterocycles. The number of thiocarbonyl (C=S) groups is 1. The van der Waals surface area contributed by atoms with E-state index in [4.69, 9.17) is 17.0 Å². The van der Waals surface area contributed by atoms with Gasteiger partial charge in [0, 0.05) is 45.2 Å². The van der Waals surface area contributed by atoms with E-state index in [-0.39, 0.29) is 5.91 Å². The van der Waals surface area contributed by atoms with Crippen molar-refractivity contribution >= 4 is 77.8 Å². The fourth-order valence-electron chi connectivity index (χ4n) is 4.32. The fraction of sp³-hybridized carbons (Fsp3) is 0.143. The Kier molecular flexibility index (Phi) is 7.01. The molecular formula is C28H23Br2N3O2S. The normalized spacial score (nSPS) is 14.9. The standard InChI is InChI=1S/C28H23Br2N3O2S/c1-3-35-23-11-9-22(10-12-23)33-27(34)26(31(2)28(33)36)14-19-17-32(16-18-4-6-20(29)7-5-18)25-13-8-21(30)15-24(19)25/h4-15,17H,3,16H2,1-2H3/b26-14-. The number of halogens is 2. The third-order valence-electron chi connectivity index (χ3n) is 6.10. The third kappa shape index (κ3) is 4.73. The number of anilines is 1. The zero-order valence-corrected chi connectivity index (χ0v) is 23.7. The highest BCUT2D eigenvalue weighted by molar-refractivity contribution is 9.10. The molecule has 0 N–H and O–H groups in total. The minimum Gasteiger partial charge on any atom is -0.494 e. The van der Waals surface area contributed by atoms with Crippen LogP contribution in [0.4, 0.5) is 5.69 Å². The largest absolute Gasteiger partial charge is 0.494 e. The summed E-state index contributed by atoms with van der Waals surface area (Å²) in [6, 6.07) is 21.9. The molecule has 1 amide bonds. The molecule has 0 atom stereocenters. The van der Waals surface area contributed by atoms with Gasteiger partial charge < -0.3 is 14.2 Å². The lowest BCUT2D eigenvalue weighted by atomic mass is 10.1. The van der Waals surface area contributed by atoms with Gasteiger partial charge in [0.25, 0.3) is 5.91 Å². The number of nitrogens with zero attached hydrogens (tertiary/aromatic N) is 3. The second kappa shape index (κ2) is 10.2. The van der Waals surface area contributed by atoms with E-state index in [0.29, 0.717) is 23.1 Å². The van der Waals surface area contributed by atoms with Crippen LogP contribution in [0.25, 0.3) is 17.0 Å². The van der Waals surface area contributed by atoms with E-state index in [1.54, 1.807) is 9.80 Å². The molecule has 1 fully saturated rings. The van der Waals surface area contributed by atoms with Crippen molar-refractivity contribution in [3.8, 4) is 5.75 Å². The molecule has 8 heteroatoms. The summed E-state index contributed by atoms with van der Waals surface area (Å²) >= 11 is 12.8. The zero-order valence-electron chi connectivity index (χ0n) is 19.7. The van der Waals surface area contributed by atoms with Crippen molar-refractivity contribution in [2.45, 2.75) is 13.5 Å². The molecule has 182 valence electrons. The lowest BCUT2D eigenvalue weighted by Gasteiger charge is -2.16. The third-order valence-corrected chi connectivity index (χ3v) is 7.58. The molecule has 0 spiro atoms. The first-order valence-electron chi connectivity index (χ1n) is 11.4. The number of hydrogen-bond donors (Lipinski definition) is 0. The van der Waals surface area contributed by atoms with Gasteiger partial charge in [0.1, 0.15) is 11.4 Å². The van der Waals surface area contributed by atoms with Crippen molar-refractivity contribution < 1.29 is 9.53 Å². The number of carbonyl (C=O) groups excluding carboxylic acids is 1. The van der Waals surface area contributed by atoms with Crippen molar-refractivity contribution in [2.24, 2.45) is 0 Å². The van der Waals surface area contributed by atoms with E-state index >= 15 is 0 Å². The number of amides is 1. The molecule has 0 aliphatic carbocycles. The Morgan fingerprint density at radius 2 is 1.67 bits per heavy atom. The van der Waals surface area contributed by atoms with Crippen LogP contribution in [0.2, 0.25) is 0 Å². The van der Waals surface area contributed by atoms with E-state index in [2.05, 4.69) is 66.9 Å². The summed E-state index contributed by atoms with van der Waals surface area (Å²) in [5.41, 5.74) is 4.47. The lowest BCUT2D eigenvalue weighted by molar-refractivity contribution is -0.114. The van der Waals surface area contributed by atoms with Crippen LogP contribution in [0.15, 0.2) is 87.6 Å². The van der Waals surface area contributed by atoms with E-state index in [0.717, 1.165) is 37.7 Å². The van der Waals surface area contributed by atoms with E-state index in [1.807, 2.05) is 62.5 Å². The Bertz CT molecular complexity index is 1490. The van der Waals surface area contributed by atoms with Gasteiger partial charge in [-0.1, -0.05) is 44.0 Å². The molecule has 1 saturated heterocycles. The van der Waals surface area contributed by atoms with Crippen LogP contribution in [0, 0.1) is 0 Å². The maximum atomic E-state index is 13.6. The van der Waals surface area contributed by atoms with E-state index in [9.17, 15) is 4.79 Å². The minimum atomic E-state index is -0.157. The number of hydrogen-bond acceptors (Lipinski definition) is 3. The summed E-state index contributed by atoms with van der Waals surface area (Å²) in [4.78, 5) is 16.9. The molecule has 5 nitrogen and oxygen atoms in total. The van der Waals surface area contributed by atoms with Crippen LogP contribution >= 0.6 is 44.1 Å². The molecule has 0 unspecified atom stereocenters. The number of benzene rings is 3. The summed E-state index contributed by atoms with van der Waals surface area (Å²) in [5.74, 6) is 0.600. The molecule has 36 heavy (non-hydrogen) atoms. The molecule has 3 aromatic carbocycles. The fourth-order valence-corrected chi connectivity index (χ4v) is 5.23. The highest BCUT2D eigenvalue weighted by Crippen LogP contribution is 2.32. The first-order valence-corrected chi connectivity index (χ1v) is 13.4. The number of ether oxygens (including phenoxy) is 1. The van der Waals surface area contributed by atoms with Crippen molar-refractivity contribution in [3.63, 3.8) is 0 Å². The van der Waals surface area contributed by atoms with Crippen LogP contribution in [-0.2, 0) is 11.3 Å². The van der Waals surface area contributed by atoms with E-state index < -0.39 is 0 Å². The van der Waals surface area contributed by atoms with Gasteiger partial charge in [0.15, 0.2) is 5.11 Å². The molecule has 1 aromatic heterocycles. The lowest BCUT2D eigenvalue weighted by Crippen LogP contribution is -2.31. The SMILES string of the molecule is CCOc1ccc(N2C(=O)/C(=C/c3cn(Cc4ccc(Br)cc4)c4ccc(Br)cc34)N(C)C2=S)cc1. The van der Waals surface area contributed by atoms with Gasteiger partial charge in [-0.05, 0) is 85.4 Å². The second-order valence-electron chi connectivity index (χ2n) is 8.44. The zero-order chi connectivity index (χ0) is 25.4. The van der Waals surface area contributed by atoms with E-state index in [1.165, 1.54) is 5.56 Å². The highest BCUT2D eigenvalue weighted by atomic mass is 79.9. The Hall–Kier alpha value is -2.94. The molecule has 1 aliphatic heterocycles. The van der Waals surface area contributed by atoms with Gasteiger partial charge in [-0.15, -0.1) is 0 Å². The van der Waals surface area contributed by atoms with Crippen LogP contribution in [-0.4, -0.2) is 34.1 Å². The van der Waals surface area contributed by atoms with Crippen molar-refractivity contribution in [2.75, 3.05) is 18.6 Å². The molecule has 0 bridgehead atoms. The monoisotopic (exact) mass is 623 g/mol. The minimum absolute atomic E-state index is 0.157. The summed E-state index contributed by atoms with van der Waals surface area (Å²) in [7, 11) is 1.83. The van der Waals surface area contributed by atoms with Gasteiger partial charge in [-0.25, -0.2) is 0 Å². The van der Waals surface area contributed by atoms with Crippen LogP contribution in [0.3, 0.4) is 0 Å². The maximum absolute atomic E-state index is 13.6. The maximum Gasteiger partial charge on any atom is 0.281 e. The van der Waals surface area contributed by atoms with Crippen LogP contribution < -0.4 is 9.64 Å². The topological polar surface area (TPSA) is 37.7 Å². The molecule has 0 saturated carbocycles. The number of aromatic nitrogens is 1. The average Bonchev–Trinajstić information content (AvgIpc) is 3.30. The Balaban J connectivity index is 1.53.